The van der Waals surface area contributed by atoms with Crippen molar-refractivity contribution < 1.29 is 19.0 Å². The summed E-state index contributed by atoms with van der Waals surface area (Å²) in [5.41, 5.74) is 1.54. The first kappa shape index (κ1) is 17.9. The number of amides is 1. The van der Waals surface area contributed by atoms with Gasteiger partial charge in [-0.1, -0.05) is 17.7 Å². The van der Waals surface area contributed by atoms with Gasteiger partial charge in [-0.15, -0.1) is 0 Å². The maximum atomic E-state index is 12.2. The SMILES string of the molecule is COc1ccc(Cl)cc1NC(=O)CCc1ccc(OC)c(OC)c1. The standard InChI is InChI=1S/C18H20ClNO4/c1-22-15-8-6-13(19)11-14(15)20-18(21)9-5-12-4-7-16(23-2)17(10-12)24-3/h4,6-8,10-11H,5,9H2,1-3H3,(H,20,21). The van der Waals surface area contributed by atoms with E-state index in [2.05, 4.69) is 5.32 Å². The van der Waals surface area contributed by atoms with Crippen LogP contribution in [0.5, 0.6) is 17.2 Å². The molecule has 0 unspecified atom stereocenters. The molecule has 0 saturated carbocycles. The topological polar surface area (TPSA) is 56.8 Å². The van der Waals surface area contributed by atoms with Crippen LogP contribution in [-0.2, 0) is 11.2 Å². The van der Waals surface area contributed by atoms with Crippen LogP contribution in [0.3, 0.4) is 0 Å². The van der Waals surface area contributed by atoms with Crippen molar-refractivity contribution in [2.45, 2.75) is 12.8 Å². The molecule has 24 heavy (non-hydrogen) atoms. The molecule has 0 saturated heterocycles. The lowest BCUT2D eigenvalue weighted by Crippen LogP contribution is -2.13. The van der Waals surface area contributed by atoms with Gasteiger partial charge in [0.15, 0.2) is 11.5 Å². The number of rotatable bonds is 7. The fourth-order valence-corrected chi connectivity index (χ4v) is 2.46. The molecule has 0 heterocycles. The minimum absolute atomic E-state index is 0.120. The second-order valence-electron chi connectivity index (χ2n) is 5.08. The van der Waals surface area contributed by atoms with Crippen molar-refractivity contribution in [2.75, 3.05) is 26.6 Å². The van der Waals surface area contributed by atoms with E-state index < -0.39 is 0 Å². The van der Waals surface area contributed by atoms with E-state index in [1.54, 1.807) is 39.5 Å². The summed E-state index contributed by atoms with van der Waals surface area (Å²) in [7, 11) is 4.71. The van der Waals surface area contributed by atoms with Gasteiger partial charge in [-0.3, -0.25) is 4.79 Å². The number of methoxy groups -OCH3 is 3. The van der Waals surface area contributed by atoms with Crippen LogP contribution in [0.15, 0.2) is 36.4 Å². The molecule has 1 amide bonds. The monoisotopic (exact) mass is 349 g/mol. The molecule has 2 rings (SSSR count). The van der Waals surface area contributed by atoms with Gasteiger partial charge < -0.3 is 19.5 Å². The van der Waals surface area contributed by atoms with Crippen LogP contribution in [0.4, 0.5) is 5.69 Å². The molecule has 0 bridgehead atoms. The molecule has 0 aromatic heterocycles. The number of aryl methyl sites for hydroxylation is 1. The van der Waals surface area contributed by atoms with E-state index in [1.165, 1.54) is 0 Å². The van der Waals surface area contributed by atoms with E-state index in [4.69, 9.17) is 25.8 Å². The molecule has 0 atom stereocenters. The molecule has 5 nitrogen and oxygen atoms in total. The van der Waals surface area contributed by atoms with E-state index in [0.29, 0.717) is 40.8 Å². The number of nitrogens with one attached hydrogen (secondary N) is 1. The smallest absolute Gasteiger partial charge is 0.224 e. The first-order valence-corrected chi connectivity index (χ1v) is 7.79. The minimum Gasteiger partial charge on any atom is -0.495 e. The minimum atomic E-state index is -0.120. The Labute approximate surface area is 146 Å². The van der Waals surface area contributed by atoms with Crippen LogP contribution < -0.4 is 19.5 Å². The number of hydrogen-bond donors (Lipinski definition) is 1. The van der Waals surface area contributed by atoms with Crippen LogP contribution in [0, 0.1) is 0 Å². The molecule has 2 aromatic carbocycles. The normalized spacial score (nSPS) is 10.2. The van der Waals surface area contributed by atoms with Crippen LogP contribution >= 0.6 is 11.6 Å². The summed E-state index contributed by atoms with van der Waals surface area (Å²) in [4.78, 5) is 12.2. The second kappa shape index (κ2) is 8.45. The highest BCUT2D eigenvalue weighted by atomic mass is 35.5. The molecule has 0 spiro atoms. The summed E-state index contributed by atoms with van der Waals surface area (Å²) in [5.74, 6) is 1.76. The highest BCUT2D eigenvalue weighted by Gasteiger charge is 2.10. The maximum Gasteiger partial charge on any atom is 0.224 e. The average molecular weight is 350 g/mol. The Balaban J connectivity index is 2.00. The summed E-state index contributed by atoms with van der Waals surface area (Å²) < 4.78 is 15.7. The largest absolute Gasteiger partial charge is 0.495 e. The zero-order chi connectivity index (χ0) is 17.5. The second-order valence-corrected chi connectivity index (χ2v) is 5.52. The Morgan fingerprint density at radius 2 is 1.62 bits per heavy atom. The van der Waals surface area contributed by atoms with Gasteiger partial charge >= 0.3 is 0 Å². The molecule has 1 N–H and O–H groups in total. The number of carbonyl (C=O) groups is 1. The van der Waals surface area contributed by atoms with Gasteiger partial charge in [0, 0.05) is 11.4 Å². The molecule has 2 aromatic rings. The average Bonchev–Trinajstić information content (AvgIpc) is 2.59. The van der Waals surface area contributed by atoms with Crippen LogP contribution in [0.2, 0.25) is 5.02 Å². The predicted molar refractivity (Wildman–Crippen MR) is 94.5 cm³/mol. The Morgan fingerprint density at radius 1 is 0.958 bits per heavy atom. The number of carbonyl (C=O) groups excluding carboxylic acids is 1. The molecule has 0 aliphatic heterocycles. The Bertz CT molecular complexity index is 718. The summed E-state index contributed by atoms with van der Waals surface area (Å²) in [5, 5.41) is 3.35. The number of halogens is 1. The van der Waals surface area contributed by atoms with Crippen molar-refractivity contribution in [3.8, 4) is 17.2 Å². The van der Waals surface area contributed by atoms with Crippen molar-refractivity contribution in [1.82, 2.24) is 0 Å². The third-order valence-electron chi connectivity index (χ3n) is 3.52. The van der Waals surface area contributed by atoms with Gasteiger partial charge in [-0.2, -0.15) is 0 Å². The lowest BCUT2D eigenvalue weighted by Gasteiger charge is -2.11. The number of benzene rings is 2. The first-order valence-electron chi connectivity index (χ1n) is 7.41. The number of anilines is 1. The van der Waals surface area contributed by atoms with Crippen molar-refractivity contribution >= 4 is 23.2 Å². The van der Waals surface area contributed by atoms with E-state index >= 15 is 0 Å². The maximum absolute atomic E-state index is 12.2. The quantitative estimate of drug-likeness (QED) is 0.822. The molecule has 0 radical (unpaired) electrons. The van der Waals surface area contributed by atoms with Crippen LogP contribution in [0.1, 0.15) is 12.0 Å². The van der Waals surface area contributed by atoms with Gasteiger partial charge in [0.05, 0.1) is 27.0 Å². The summed E-state index contributed by atoms with van der Waals surface area (Å²) in [6, 6.07) is 10.7. The highest BCUT2D eigenvalue weighted by molar-refractivity contribution is 6.31. The summed E-state index contributed by atoms with van der Waals surface area (Å²) >= 11 is 5.96. The van der Waals surface area contributed by atoms with Gasteiger partial charge in [-0.25, -0.2) is 0 Å². The molecule has 0 aliphatic rings. The van der Waals surface area contributed by atoms with Crippen molar-refractivity contribution in [1.29, 1.82) is 0 Å². The third kappa shape index (κ3) is 4.55. The lowest BCUT2D eigenvalue weighted by atomic mass is 10.1. The Morgan fingerprint density at radius 3 is 2.29 bits per heavy atom. The number of ether oxygens (including phenoxy) is 3. The molecule has 0 aliphatic carbocycles. The van der Waals surface area contributed by atoms with E-state index in [-0.39, 0.29) is 5.91 Å². The Hall–Kier alpha value is -2.40. The fraction of sp³-hybridized carbons (Fsp3) is 0.278. The molecular formula is C18H20ClNO4. The molecular weight excluding hydrogens is 330 g/mol. The highest BCUT2D eigenvalue weighted by Crippen LogP contribution is 2.29. The summed E-state index contributed by atoms with van der Waals surface area (Å²) in [6.45, 7) is 0. The summed E-state index contributed by atoms with van der Waals surface area (Å²) in [6.07, 6.45) is 0.903. The van der Waals surface area contributed by atoms with E-state index in [9.17, 15) is 4.79 Å². The van der Waals surface area contributed by atoms with E-state index in [0.717, 1.165) is 5.56 Å². The van der Waals surface area contributed by atoms with Gasteiger partial charge in [-0.05, 0) is 42.3 Å². The van der Waals surface area contributed by atoms with Gasteiger partial charge in [0.25, 0.3) is 0 Å². The molecule has 6 heteroatoms. The van der Waals surface area contributed by atoms with Crippen molar-refractivity contribution in [3.63, 3.8) is 0 Å². The number of hydrogen-bond acceptors (Lipinski definition) is 4. The Kier molecular flexibility index (Phi) is 6.32. The van der Waals surface area contributed by atoms with Crippen LogP contribution in [0.25, 0.3) is 0 Å². The van der Waals surface area contributed by atoms with Crippen LogP contribution in [-0.4, -0.2) is 27.2 Å². The first-order chi connectivity index (χ1) is 11.6. The molecule has 0 fully saturated rings. The zero-order valence-electron chi connectivity index (χ0n) is 13.9. The fourth-order valence-electron chi connectivity index (χ4n) is 2.28. The van der Waals surface area contributed by atoms with Crippen molar-refractivity contribution in [3.05, 3.63) is 47.0 Å². The zero-order valence-corrected chi connectivity index (χ0v) is 14.6. The van der Waals surface area contributed by atoms with Gasteiger partial charge in [0.2, 0.25) is 5.91 Å². The molecule has 128 valence electrons. The van der Waals surface area contributed by atoms with E-state index in [1.807, 2.05) is 18.2 Å². The van der Waals surface area contributed by atoms with Gasteiger partial charge in [0.1, 0.15) is 5.75 Å². The predicted octanol–water partition coefficient (Wildman–Crippen LogP) is 3.94. The lowest BCUT2D eigenvalue weighted by molar-refractivity contribution is -0.116. The van der Waals surface area contributed by atoms with Crippen molar-refractivity contribution in [2.24, 2.45) is 0 Å². The third-order valence-corrected chi connectivity index (χ3v) is 3.76.